The Morgan fingerprint density at radius 3 is 1.60 bits per heavy atom. The summed E-state index contributed by atoms with van der Waals surface area (Å²) in [6, 6.07) is 68.6. The first-order chi connectivity index (χ1) is 33.1. The van der Waals surface area contributed by atoms with Gasteiger partial charge in [0, 0.05) is 61.8 Å². The molecule has 0 spiro atoms. The van der Waals surface area contributed by atoms with Gasteiger partial charge in [0.1, 0.15) is 11.2 Å². The van der Waals surface area contributed by atoms with Crippen LogP contribution in [0.4, 0.5) is 0 Å². The van der Waals surface area contributed by atoms with Gasteiger partial charge in [-0.2, -0.15) is 5.26 Å². The van der Waals surface area contributed by atoms with Crippen molar-refractivity contribution in [3.05, 3.63) is 212 Å². The molecule has 7 nitrogen and oxygen atoms in total. The second-order valence-electron chi connectivity index (χ2n) is 16.7. The van der Waals surface area contributed by atoms with Crippen LogP contribution in [-0.2, 0) is 0 Å². The van der Waals surface area contributed by atoms with Gasteiger partial charge in [0.2, 0.25) is 0 Å². The SMILES string of the molecule is N#Cc1ccc(-c2cc3c4cccnc4c(-c4ccc(-c5cccc(-c6nc(-c7ccccc7)nc(-c7ccc8oc9ccccc9c8c7)n6)c5)c5ccccc45)cc3c3cccnc23)cc1. The Morgan fingerprint density at radius 1 is 0.328 bits per heavy atom. The number of pyridine rings is 2. The number of aromatic nitrogens is 5. The zero-order valence-corrected chi connectivity index (χ0v) is 35.7. The zero-order valence-electron chi connectivity index (χ0n) is 35.7. The molecule has 0 aliphatic rings. The summed E-state index contributed by atoms with van der Waals surface area (Å²) >= 11 is 0. The Kier molecular flexibility index (Phi) is 8.76. The minimum Gasteiger partial charge on any atom is -0.456 e. The largest absolute Gasteiger partial charge is 0.456 e. The van der Waals surface area contributed by atoms with Crippen LogP contribution in [0.3, 0.4) is 0 Å². The average Bonchev–Trinajstić information content (AvgIpc) is 3.78. The molecule has 0 aliphatic heterocycles. The molecule has 7 heteroatoms. The summed E-state index contributed by atoms with van der Waals surface area (Å²) in [7, 11) is 0. The van der Waals surface area contributed by atoms with E-state index in [1.54, 1.807) is 0 Å². The highest BCUT2D eigenvalue weighted by Gasteiger charge is 2.20. The maximum atomic E-state index is 9.49. The summed E-state index contributed by atoms with van der Waals surface area (Å²) < 4.78 is 6.16. The quantitative estimate of drug-likeness (QED) is 0.154. The number of hydrogen-bond acceptors (Lipinski definition) is 7. The highest BCUT2D eigenvalue weighted by Crippen LogP contribution is 2.44. The van der Waals surface area contributed by atoms with E-state index in [0.717, 1.165) is 115 Å². The predicted octanol–water partition coefficient (Wildman–Crippen LogP) is 15.0. The van der Waals surface area contributed by atoms with Crippen molar-refractivity contribution in [2.45, 2.75) is 0 Å². The summed E-state index contributed by atoms with van der Waals surface area (Å²) in [4.78, 5) is 25.3. The van der Waals surface area contributed by atoms with Crippen LogP contribution in [0.5, 0.6) is 0 Å². The van der Waals surface area contributed by atoms with Crippen molar-refractivity contribution in [2.75, 3.05) is 0 Å². The topological polar surface area (TPSA) is 101 Å². The Morgan fingerprint density at radius 2 is 0.866 bits per heavy atom. The molecule has 67 heavy (non-hydrogen) atoms. The summed E-state index contributed by atoms with van der Waals surface area (Å²) in [5.74, 6) is 1.77. The van der Waals surface area contributed by atoms with Crippen molar-refractivity contribution >= 4 is 65.3 Å². The van der Waals surface area contributed by atoms with Crippen LogP contribution >= 0.6 is 0 Å². The number of benzene rings is 9. The fourth-order valence-electron chi connectivity index (χ4n) is 9.68. The second-order valence-corrected chi connectivity index (χ2v) is 16.7. The molecule has 0 N–H and O–H groups in total. The lowest BCUT2D eigenvalue weighted by Crippen LogP contribution is -2.00. The van der Waals surface area contributed by atoms with Gasteiger partial charge >= 0.3 is 0 Å². The van der Waals surface area contributed by atoms with Crippen molar-refractivity contribution < 1.29 is 4.42 Å². The van der Waals surface area contributed by atoms with E-state index < -0.39 is 0 Å². The van der Waals surface area contributed by atoms with Crippen LogP contribution in [0.25, 0.3) is 133 Å². The standard InChI is InChI=1S/C60H34N6O/c61-35-36-21-23-37(24-22-36)49-33-50-48-19-10-30-63-57(48)53(34-51(50)47-18-9-29-62-56(47)49)45-27-26-42(43-15-4-5-16-44(43)45)39-13-8-14-40(31-39)59-64-58(38-11-2-1-3-12-38)65-60(66-59)41-25-28-55-52(32-41)46-17-6-7-20-54(46)67-55/h1-34H. The molecule has 0 atom stereocenters. The molecule has 4 heterocycles. The molecule has 9 aromatic carbocycles. The lowest BCUT2D eigenvalue weighted by molar-refractivity contribution is 0.669. The first-order valence-corrected chi connectivity index (χ1v) is 22.1. The number of rotatable bonds is 6. The molecule has 0 aliphatic carbocycles. The first kappa shape index (κ1) is 38.1. The third-order valence-corrected chi connectivity index (χ3v) is 12.8. The Balaban J connectivity index is 0.956. The van der Waals surface area contributed by atoms with Gasteiger partial charge in [0.25, 0.3) is 0 Å². The number of hydrogen-bond donors (Lipinski definition) is 0. The molecule has 310 valence electrons. The van der Waals surface area contributed by atoms with Gasteiger partial charge < -0.3 is 4.42 Å². The van der Waals surface area contributed by atoms with E-state index in [-0.39, 0.29) is 0 Å². The van der Waals surface area contributed by atoms with E-state index in [0.29, 0.717) is 23.0 Å². The van der Waals surface area contributed by atoms with Gasteiger partial charge in [0.05, 0.1) is 22.7 Å². The predicted molar refractivity (Wildman–Crippen MR) is 270 cm³/mol. The summed E-state index contributed by atoms with van der Waals surface area (Å²) in [6.45, 7) is 0. The average molecular weight is 855 g/mol. The van der Waals surface area contributed by atoms with Crippen molar-refractivity contribution in [1.29, 1.82) is 5.26 Å². The minimum atomic E-state index is 0.585. The Bertz CT molecular complexity index is 4170. The molecule has 0 fully saturated rings. The maximum Gasteiger partial charge on any atom is 0.164 e. The number of nitrogens with zero attached hydrogens (tertiary/aromatic N) is 6. The number of furan rings is 1. The van der Waals surface area contributed by atoms with E-state index in [2.05, 4.69) is 103 Å². The molecular weight excluding hydrogens is 821 g/mol. The fraction of sp³-hybridized carbons (Fsp3) is 0. The minimum absolute atomic E-state index is 0.585. The van der Waals surface area contributed by atoms with Crippen molar-refractivity contribution in [3.63, 3.8) is 0 Å². The highest BCUT2D eigenvalue weighted by atomic mass is 16.3. The summed E-state index contributed by atoms with van der Waals surface area (Å²) in [6.07, 6.45) is 3.72. The Hall–Kier alpha value is -9.38. The third-order valence-electron chi connectivity index (χ3n) is 12.8. The normalized spacial score (nSPS) is 11.6. The molecule has 0 unspecified atom stereocenters. The summed E-state index contributed by atoms with van der Waals surface area (Å²) in [5.41, 5.74) is 13.1. The lowest BCUT2D eigenvalue weighted by atomic mass is 9.88. The molecule has 0 saturated heterocycles. The molecule has 0 bridgehead atoms. The van der Waals surface area contributed by atoms with Gasteiger partial charge in [-0.25, -0.2) is 15.0 Å². The first-order valence-electron chi connectivity index (χ1n) is 22.1. The van der Waals surface area contributed by atoms with Gasteiger partial charge in [-0.1, -0.05) is 127 Å². The molecule has 0 amide bonds. The van der Waals surface area contributed by atoms with E-state index in [1.807, 2.05) is 109 Å². The molecule has 13 rings (SSSR count). The van der Waals surface area contributed by atoms with Crippen LogP contribution in [0.1, 0.15) is 5.56 Å². The van der Waals surface area contributed by atoms with Crippen molar-refractivity contribution in [2.24, 2.45) is 0 Å². The summed E-state index contributed by atoms with van der Waals surface area (Å²) in [5, 5.41) is 18.1. The number of para-hydroxylation sites is 1. The van der Waals surface area contributed by atoms with Crippen LogP contribution in [0.2, 0.25) is 0 Å². The smallest absolute Gasteiger partial charge is 0.164 e. The fourth-order valence-corrected chi connectivity index (χ4v) is 9.68. The van der Waals surface area contributed by atoms with Gasteiger partial charge in [-0.05, 0) is 111 Å². The van der Waals surface area contributed by atoms with E-state index in [4.69, 9.17) is 29.3 Å². The van der Waals surface area contributed by atoms with Crippen LogP contribution in [-0.4, -0.2) is 24.9 Å². The number of fused-ring (bicyclic) bond motifs is 9. The molecule has 0 saturated carbocycles. The number of nitriles is 1. The lowest BCUT2D eigenvalue weighted by Gasteiger charge is -2.17. The van der Waals surface area contributed by atoms with Crippen LogP contribution in [0, 0.1) is 11.3 Å². The van der Waals surface area contributed by atoms with E-state index in [1.165, 1.54) is 0 Å². The van der Waals surface area contributed by atoms with Crippen LogP contribution < -0.4 is 0 Å². The van der Waals surface area contributed by atoms with E-state index in [9.17, 15) is 5.26 Å². The zero-order chi connectivity index (χ0) is 44.4. The van der Waals surface area contributed by atoms with Gasteiger partial charge in [-0.15, -0.1) is 0 Å². The van der Waals surface area contributed by atoms with Crippen molar-refractivity contribution in [3.8, 4) is 73.6 Å². The highest BCUT2D eigenvalue weighted by molar-refractivity contribution is 6.23. The molecule has 13 aromatic rings. The molecule has 0 radical (unpaired) electrons. The van der Waals surface area contributed by atoms with Gasteiger partial charge in [-0.3, -0.25) is 9.97 Å². The monoisotopic (exact) mass is 854 g/mol. The second kappa shape index (κ2) is 15.4. The molecule has 4 aromatic heterocycles. The molecular formula is C60H34N6O. The maximum absolute atomic E-state index is 9.49. The third kappa shape index (κ3) is 6.39. The Labute approximate surface area is 384 Å². The van der Waals surface area contributed by atoms with Crippen LogP contribution in [0.15, 0.2) is 211 Å². The van der Waals surface area contributed by atoms with E-state index >= 15 is 0 Å². The van der Waals surface area contributed by atoms with Crippen molar-refractivity contribution in [1.82, 2.24) is 24.9 Å². The van der Waals surface area contributed by atoms with Gasteiger partial charge in [0.15, 0.2) is 17.5 Å².